The molecule has 0 radical (unpaired) electrons. The third kappa shape index (κ3) is 4.23. The third-order valence-corrected chi connectivity index (χ3v) is 1.69. The summed E-state index contributed by atoms with van der Waals surface area (Å²) in [5.41, 5.74) is 5.89. The molecule has 1 aromatic rings. The van der Waals surface area contributed by atoms with E-state index in [2.05, 4.69) is 0 Å². The minimum atomic E-state index is -0.121. The van der Waals surface area contributed by atoms with E-state index in [-0.39, 0.29) is 17.3 Å². The topological polar surface area (TPSA) is 80.4 Å². The molecule has 0 saturated carbocycles. The van der Waals surface area contributed by atoms with Crippen molar-refractivity contribution in [1.29, 1.82) is 0 Å². The van der Waals surface area contributed by atoms with Crippen molar-refractivity contribution in [3.8, 4) is 5.75 Å². The van der Waals surface area contributed by atoms with Crippen molar-refractivity contribution < 1.29 is 14.7 Å². The van der Waals surface area contributed by atoms with Gasteiger partial charge in [-0.25, -0.2) is 0 Å². The molecule has 0 bridgehead atoms. The molecule has 16 heavy (non-hydrogen) atoms. The van der Waals surface area contributed by atoms with E-state index in [0.717, 1.165) is 0 Å². The first-order valence-electron chi connectivity index (χ1n) is 4.56. The van der Waals surface area contributed by atoms with Gasteiger partial charge in [-0.15, -0.1) is 0 Å². The number of aromatic hydroxyl groups is 1. The lowest BCUT2D eigenvalue weighted by atomic mass is 10.2. The monoisotopic (exact) mass is 217 g/mol. The zero-order chi connectivity index (χ0) is 12.0. The number of nitrogens with two attached hydrogens (primary N) is 1. The van der Waals surface area contributed by atoms with E-state index in [9.17, 15) is 9.59 Å². The number of carbonyl (C=O) groups is 2. The molecule has 1 aliphatic rings. The molecule has 4 heteroatoms. The van der Waals surface area contributed by atoms with Crippen LogP contribution in [-0.4, -0.2) is 16.7 Å². The number of phenols is 1. The summed E-state index contributed by atoms with van der Waals surface area (Å²) in [6.07, 6.45) is 5.01. The number of benzene rings is 1. The van der Waals surface area contributed by atoms with Crippen LogP contribution in [-0.2, 0) is 9.59 Å². The zero-order valence-corrected chi connectivity index (χ0v) is 8.46. The molecule has 3 N–H and O–H groups in total. The van der Waals surface area contributed by atoms with Crippen LogP contribution < -0.4 is 5.73 Å². The average molecular weight is 217 g/mol. The minimum absolute atomic E-state index is 0.121. The Morgan fingerprint density at radius 2 is 1.44 bits per heavy atom. The molecule has 4 nitrogen and oxygen atoms in total. The van der Waals surface area contributed by atoms with Crippen molar-refractivity contribution in [3.05, 3.63) is 48.6 Å². The highest BCUT2D eigenvalue weighted by Crippen LogP contribution is 2.10. The van der Waals surface area contributed by atoms with Gasteiger partial charge in [0.2, 0.25) is 0 Å². The van der Waals surface area contributed by atoms with Crippen LogP contribution in [0.1, 0.15) is 0 Å². The minimum Gasteiger partial charge on any atom is -0.508 e. The number of nitrogen functional groups attached to an aromatic ring is 1. The molecular formula is C12H11NO3. The van der Waals surface area contributed by atoms with Gasteiger partial charge in [-0.05, 0) is 36.4 Å². The van der Waals surface area contributed by atoms with Crippen LogP contribution >= 0.6 is 0 Å². The first-order valence-corrected chi connectivity index (χ1v) is 4.56. The summed E-state index contributed by atoms with van der Waals surface area (Å²) in [5, 5.41) is 8.73. The molecule has 0 amide bonds. The predicted molar refractivity (Wildman–Crippen MR) is 60.8 cm³/mol. The summed E-state index contributed by atoms with van der Waals surface area (Å²) in [7, 11) is 0. The molecule has 0 unspecified atom stereocenters. The Balaban J connectivity index is 0.000000160. The number of rotatable bonds is 0. The third-order valence-electron chi connectivity index (χ3n) is 1.69. The second-order valence-electron chi connectivity index (χ2n) is 3.07. The second-order valence-corrected chi connectivity index (χ2v) is 3.07. The van der Waals surface area contributed by atoms with Crippen molar-refractivity contribution in [2.45, 2.75) is 0 Å². The fourth-order valence-electron chi connectivity index (χ4n) is 0.964. The lowest BCUT2D eigenvalue weighted by molar-refractivity contribution is -0.113. The highest BCUT2D eigenvalue weighted by atomic mass is 16.3. The van der Waals surface area contributed by atoms with Crippen molar-refractivity contribution in [3.63, 3.8) is 0 Å². The normalized spacial score (nSPS) is 13.2. The molecule has 82 valence electrons. The second kappa shape index (κ2) is 5.50. The first kappa shape index (κ1) is 11.7. The molecule has 0 spiro atoms. The number of hydrogen-bond acceptors (Lipinski definition) is 4. The number of carbonyl (C=O) groups excluding carboxylic acids is 2. The lowest BCUT2D eigenvalue weighted by Crippen LogP contribution is -1.97. The highest BCUT2D eigenvalue weighted by molar-refractivity contribution is 6.14. The van der Waals surface area contributed by atoms with Gasteiger partial charge < -0.3 is 10.8 Å². The number of ketones is 2. The van der Waals surface area contributed by atoms with Crippen LogP contribution in [0.25, 0.3) is 0 Å². The van der Waals surface area contributed by atoms with E-state index in [1.807, 2.05) is 0 Å². The summed E-state index contributed by atoms with van der Waals surface area (Å²) in [5.74, 6) is -0.0285. The largest absolute Gasteiger partial charge is 0.508 e. The van der Waals surface area contributed by atoms with Crippen molar-refractivity contribution >= 4 is 17.3 Å². The van der Waals surface area contributed by atoms with Crippen LogP contribution in [0.15, 0.2) is 48.6 Å². The van der Waals surface area contributed by atoms with Gasteiger partial charge in [0.25, 0.3) is 0 Å². The Hall–Kier alpha value is -2.36. The van der Waals surface area contributed by atoms with Gasteiger partial charge in [0.15, 0.2) is 11.6 Å². The van der Waals surface area contributed by atoms with Crippen LogP contribution in [0.4, 0.5) is 5.69 Å². The molecule has 0 heterocycles. The fraction of sp³-hybridized carbons (Fsp3) is 0. The Kier molecular flexibility index (Phi) is 4.03. The number of hydrogen-bond donors (Lipinski definition) is 2. The van der Waals surface area contributed by atoms with E-state index in [4.69, 9.17) is 10.8 Å². The lowest BCUT2D eigenvalue weighted by Gasteiger charge is -1.90. The molecule has 0 atom stereocenters. The summed E-state index contributed by atoms with van der Waals surface area (Å²) in [6.45, 7) is 0. The van der Waals surface area contributed by atoms with Gasteiger partial charge in [0.1, 0.15) is 5.75 Å². The summed E-state index contributed by atoms with van der Waals surface area (Å²) in [6, 6.07) is 6.50. The van der Waals surface area contributed by atoms with E-state index in [1.165, 1.54) is 30.4 Å². The van der Waals surface area contributed by atoms with E-state index in [1.54, 1.807) is 18.2 Å². The van der Waals surface area contributed by atoms with Crippen LogP contribution in [0, 0.1) is 0 Å². The Bertz CT molecular complexity index is 406. The quantitative estimate of drug-likeness (QED) is 0.506. The molecule has 1 aliphatic carbocycles. The first-order chi connectivity index (χ1) is 7.58. The van der Waals surface area contributed by atoms with Gasteiger partial charge in [-0.1, -0.05) is 6.07 Å². The Labute approximate surface area is 92.7 Å². The van der Waals surface area contributed by atoms with E-state index >= 15 is 0 Å². The standard InChI is InChI=1S/C6H7NO.C6H4O2/c7-5-2-1-3-6(8)4-5;7-5-1-2-6(8)4-3-5/h1-4,8H,7H2;1-4H. The summed E-state index contributed by atoms with van der Waals surface area (Å²) >= 11 is 0. The van der Waals surface area contributed by atoms with Gasteiger partial charge >= 0.3 is 0 Å². The maximum absolute atomic E-state index is 10.3. The van der Waals surface area contributed by atoms with Crippen LogP contribution in [0.2, 0.25) is 0 Å². The SMILES string of the molecule is Nc1cccc(O)c1.O=C1C=CC(=O)C=C1. The van der Waals surface area contributed by atoms with E-state index < -0.39 is 0 Å². The number of phenolic OH excluding ortho intramolecular Hbond substituents is 1. The molecule has 0 fully saturated rings. The van der Waals surface area contributed by atoms with Gasteiger partial charge in [-0.2, -0.15) is 0 Å². The van der Waals surface area contributed by atoms with Crippen LogP contribution in [0.3, 0.4) is 0 Å². The average Bonchev–Trinajstić information content (AvgIpc) is 2.23. The van der Waals surface area contributed by atoms with Crippen molar-refractivity contribution in [2.24, 2.45) is 0 Å². The molecule has 0 aromatic heterocycles. The van der Waals surface area contributed by atoms with Crippen LogP contribution in [0.5, 0.6) is 5.75 Å². The van der Waals surface area contributed by atoms with Crippen molar-refractivity contribution in [1.82, 2.24) is 0 Å². The van der Waals surface area contributed by atoms with Gasteiger partial charge in [-0.3, -0.25) is 9.59 Å². The van der Waals surface area contributed by atoms with E-state index in [0.29, 0.717) is 5.69 Å². The zero-order valence-electron chi connectivity index (χ0n) is 8.46. The number of allylic oxidation sites excluding steroid dienone is 4. The van der Waals surface area contributed by atoms with Crippen molar-refractivity contribution in [2.75, 3.05) is 5.73 Å². The molecule has 2 rings (SSSR count). The smallest absolute Gasteiger partial charge is 0.178 e. The summed E-state index contributed by atoms with van der Waals surface area (Å²) < 4.78 is 0. The predicted octanol–water partition coefficient (Wildman–Crippen LogP) is 1.22. The van der Waals surface area contributed by atoms with Gasteiger partial charge in [0.05, 0.1) is 0 Å². The molecule has 1 aromatic carbocycles. The Morgan fingerprint density at radius 3 is 1.75 bits per heavy atom. The molecule has 0 aliphatic heterocycles. The number of anilines is 1. The molecular weight excluding hydrogens is 206 g/mol. The Morgan fingerprint density at radius 1 is 0.938 bits per heavy atom. The fourth-order valence-corrected chi connectivity index (χ4v) is 0.964. The maximum atomic E-state index is 10.3. The van der Waals surface area contributed by atoms with Gasteiger partial charge in [0, 0.05) is 11.8 Å². The highest BCUT2D eigenvalue weighted by Gasteiger charge is 1.97. The summed E-state index contributed by atoms with van der Waals surface area (Å²) in [4.78, 5) is 20.6. The maximum Gasteiger partial charge on any atom is 0.178 e. The molecule has 0 saturated heterocycles.